The minimum atomic E-state index is -3.75. The fraction of sp³-hybridized carbons (Fsp3) is 0.400. The van der Waals surface area contributed by atoms with Gasteiger partial charge in [0.1, 0.15) is 10.7 Å². The Morgan fingerprint density at radius 3 is 2.76 bits per heavy atom. The van der Waals surface area contributed by atoms with Crippen LogP contribution in [0.4, 0.5) is 5.82 Å². The molecule has 2 heterocycles. The molecule has 0 spiro atoms. The fourth-order valence-corrected chi connectivity index (χ4v) is 2.75. The normalized spacial score (nSPS) is 11.6. The van der Waals surface area contributed by atoms with Gasteiger partial charge in [0.2, 0.25) is 10.0 Å². The van der Waals surface area contributed by atoms with Crippen LogP contribution in [0.5, 0.6) is 0 Å². The second-order valence-electron chi connectivity index (χ2n) is 4.05. The van der Waals surface area contributed by atoms with Gasteiger partial charge in [0.25, 0.3) is 0 Å². The summed E-state index contributed by atoms with van der Waals surface area (Å²) >= 11 is 5.98. The van der Waals surface area contributed by atoms with Crippen molar-refractivity contribution in [2.45, 2.75) is 18.4 Å². The number of halogens is 1. The summed E-state index contributed by atoms with van der Waals surface area (Å²) in [5.74, 6) is 0.707. The van der Waals surface area contributed by atoms with Gasteiger partial charge in [-0.2, -0.15) is 4.80 Å². The second-order valence-corrected chi connectivity index (χ2v) is 6.23. The monoisotopic (exact) mass is 331 g/mol. The van der Waals surface area contributed by atoms with E-state index in [0.29, 0.717) is 12.4 Å². The van der Waals surface area contributed by atoms with Crippen molar-refractivity contribution in [1.29, 1.82) is 0 Å². The Labute approximate surface area is 126 Å². The van der Waals surface area contributed by atoms with Crippen molar-refractivity contribution in [3.05, 3.63) is 23.1 Å². The van der Waals surface area contributed by atoms with Crippen LogP contribution >= 0.6 is 11.6 Å². The highest BCUT2D eigenvalue weighted by molar-refractivity contribution is 7.89. The molecule has 0 fully saturated rings. The third kappa shape index (κ3) is 3.86. The van der Waals surface area contributed by atoms with Gasteiger partial charge in [-0.15, -0.1) is 10.2 Å². The highest BCUT2D eigenvalue weighted by atomic mass is 35.5. The van der Waals surface area contributed by atoms with Crippen molar-refractivity contribution in [1.82, 2.24) is 29.9 Å². The lowest BCUT2D eigenvalue weighted by atomic mass is 10.4. The molecule has 0 atom stereocenters. The topological polar surface area (TPSA) is 115 Å². The standard InChI is InChI=1S/C10H14ClN7O2S/c1-3-12-10-8(11)4-7(5-13-10)21(19,20)14-6-9-15-17-18(2)16-9/h4-5,14H,3,6H2,1-2H3,(H,12,13). The van der Waals surface area contributed by atoms with E-state index in [1.165, 1.54) is 17.1 Å². The summed E-state index contributed by atoms with van der Waals surface area (Å²) in [6, 6.07) is 1.33. The summed E-state index contributed by atoms with van der Waals surface area (Å²) in [5.41, 5.74) is 0. The molecule has 11 heteroatoms. The predicted molar refractivity (Wildman–Crippen MR) is 76.2 cm³/mol. The van der Waals surface area contributed by atoms with Gasteiger partial charge in [0.05, 0.1) is 18.6 Å². The predicted octanol–water partition coefficient (Wildman–Crippen LogP) is 0.169. The van der Waals surface area contributed by atoms with E-state index in [1.807, 2.05) is 6.92 Å². The van der Waals surface area contributed by atoms with Crippen LogP contribution in [0.15, 0.2) is 17.2 Å². The van der Waals surface area contributed by atoms with Gasteiger partial charge < -0.3 is 5.32 Å². The average Bonchev–Trinajstić information content (AvgIpc) is 2.85. The third-order valence-electron chi connectivity index (χ3n) is 2.44. The molecule has 0 saturated heterocycles. The van der Waals surface area contributed by atoms with Crippen molar-refractivity contribution in [2.75, 3.05) is 11.9 Å². The number of anilines is 1. The van der Waals surface area contributed by atoms with Crippen molar-refractivity contribution in [2.24, 2.45) is 7.05 Å². The third-order valence-corrected chi connectivity index (χ3v) is 4.10. The molecule has 0 aliphatic heterocycles. The van der Waals surface area contributed by atoms with Gasteiger partial charge in [0.15, 0.2) is 5.82 Å². The number of nitrogens with zero attached hydrogens (tertiary/aromatic N) is 5. The molecule has 2 rings (SSSR count). The molecule has 0 bridgehead atoms. The number of hydrogen-bond acceptors (Lipinski definition) is 7. The van der Waals surface area contributed by atoms with Crippen LogP contribution in [0.25, 0.3) is 0 Å². The average molecular weight is 332 g/mol. The number of aryl methyl sites for hydroxylation is 1. The molecule has 0 unspecified atom stereocenters. The second kappa shape index (κ2) is 6.33. The Kier molecular flexibility index (Phi) is 4.70. The van der Waals surface area contributed by atoms with E-state index in [0.717, 1.165) is 0 Å². The van der Waals surface area contributed by atoms with Crippen molar-refractivity contribution >= 4 is 27.4 Å². The van der Waals surface area contributed by atoms with Crippen LogP contribution in [-0.4, -0.2) is 40.2 Å². The lowest BCUT2D eigenvalue weighted by Crippen LogP contribution is -2.24. The largest absolute Gasteiger partial charge is 0.369 e. The number of tetrazole rings is 1. The summed E-state index contributed by atoms with van der Waals surface area (Å²) in [6.07, 6.45) is 1.23. The van der Waals surface area contributed by atoms with Gasteiger partial charge in [-0.05, 0) is 18.2 Å². The number of sulfonamides is 1. The van der Waals surface area contributed by atoms with Crippen LogP contribution in [0.3, 0.4) is 0 Å². The van der Waals surface area contributed by atoms with E-state index in [-0.39, 0.29) is 22.3 Å². The summed E-state index contributed by atoms with van der Waals surface area (Å²) in [7, 11) is -2.15. The minimum absolute atomic E-state index is 0.0296. The highest BCUT2D eigenvalue weighted by Crippen LogP contribution is 2.22. The Hall–Kier alpha value is -1.78. The summed E-state index contributed by atoms with van der Waals surface area (Å²) in [5, 5.41) is 14.3. The first-order valence-electron chi connectivity index (χ1n) is 6.04. The van der Waals surface area contributed by atoms with E-state index in [2.05, 4.69) is 30.4 Å². The first-order chi connectivity index (χ1) is 9.92. The van der Waals surface area contributed by atoms with Crippen molar-refractivity contribution in [3.8, 4) is 0 Å². The van der Waals surface area contributed by atoms with Gasteiger partial charge in [0, 0.05) is 12.7 Å². The Balaban J connectivity index is 2.13. The number of aromatic nitrogens is 5. The molecule has 2 aromatic rings. The number of rotatable bonds is 6. The Morgan fingerprint density at radius 1 is 1.43 bits per heavy atom. The van der Waals surface area contributed by atoms with E-state index in [4.69, 9.17) is 11.6 Å². The molecule has 0 saturated carbocycles. The molecule has 9 nitrogen and oxygen atoms in total. The Morgan fingerprint density at radius 2 is 2.19 bits per heavy atom. The first kappa shape index (κ1) is 15.6. The Bertz CT molecular complexity index is 731. The molecule has 2 aromatic heterocycles. The zero-order chi connectivity index (χ0) is 15.5. The molecule has 0 aromatic carbocycles. The van der Waals surface area contributed by atoms with Gasteiger partial charge in [-0.1, -0.05) is 11.6 Å². The maximum absolute atomic E-state index is 12.1. The van der Waals surface area contributed by atoms with E-state index in [9.17, 15) is 8.42 Å². The molecule has 0 amide bonds. The lowest BCUT2D eigenvalue weighted by molar-refractivity contribution is 0.578. The van der Waals surface area contributed by atoms with Crippen LogP contribution < -0.4 is 10.0 Å². The molecule has 114 valence electrons. The number of nitrogens with one attached hydrogen (secondary N) is 2. The maximum Gasteiger partial charge on any atom is 0.242 e. The summed E-state index contributed by atoms with van der Waals surface area (Å²) in [6.45, 7) is 2.45. The summed E-state index contributed by atoms with van der Waals surface area (Å²) in [4.78, 5) is 5.20. The van der Waals surface area contributed by atoms with Crippen LogP contribution in [0.1, 0.15) is 12.7 Å². The zero-order valence-corrected chi connectivity index (χ0v) is 13.0. The summed E-state index contributed by atoms with van der Waals surface area (Å²) < 4.78 is 26.6. The molecule has 0 aliphatic carbocycles. The quantitative estimate of drug-likeness (QED) is 0.775. The number of pyridine rings is 1. The minimum Gasteiger partial charge on any atom is -0.369 e. The molecular formula is C10H14ClN7O2S. The van der Waals surface area contributed by atoms with E-state index < -0.39 is 10.0 Å². The smallest absolute Gasteiger partial charge is 0.242 e. The highest BCUT2D eigenvalue weighted by Gasteiger charge is 2.17. The van der Waals surface area contributed by atoms with Gasteiger partial charge in [-0.3, -0.25) is 0 Å². The molecule has 2 N–H and O–H groups in total. The van der Waals surface area contributed by atoms with Crippen molar-refractivity contribution in [3.63, 3.8) is 0 Å². The SMILES string of the molecule is CCNc1ncc(S(=O)(=O)NCc2nnn(C)n2)cc1Cl. The van der Waals surface area contributed by atoms with Crippen LogP contribution in [-0.2, 0) is 23.6 Å². The van der Waals surface area contributed by atoms with Gasteiger partial charge in [-0.25, -0.2) is 18.1 Å². The molecule has 21 heavy (non-hydrogen) atoms. The first-order valence-corrected chi connectivity index (χ1v) is 7.90. The van der Waals surface area contributed by atoms with Crippen LogP contribution in [0, 0.1) is 0 Å². The van der Waals surface area contributed by atoms with Crippen LogP contribution in [0.2, 0.25) is 5.02 Å². The molecular weight excluding hydrogens is 318 g/mol. The number of hydrogen-bond donors (Lipinski definition) is 2. The van der Waals surface area contributed by atoms with Gasteiger partial charge >= 0.3 is 0 Å². The van der Waals surface area contributed by atoms with Crippen molar-refractivity contribution < 1.29 is 8.42 Å². The van der Waals surface area contributed by atoms with E-state index in [1.54, 1.807) is 7.05 Å². The molecule has 0 radical (unpaired) electrons. The molecule has 0 aliphatic rings. The lowest BCUT2D eigenvalue weighted by Gasteiger charge is -2.08. The fourth-order valence-electron chi connectivity index (χ4n) is 1.50. The maximum atomic E-state index is 12.1. The van der Waals surface area contributed by atoms with E-state index >= 15 is 0 Å². The zero-order valence-electron chi connectivity index (χ0n) is 11.4.